The molecular weight excluding hydrogens is 156 g/mol. The Bertz CT molecular complexity index is 328. The second-order valence-electron chi connectivity index (χ2n) is 2.47. The Morgan fingerprint density at radius 2 is 2.42 bits per heavy atom. The van der Waals surface area contributed by atoms with Crippen molar-refractivity contribution in [3.63, 3.8) is 0 Å². The Hall–Kier alpha value is -1.65. The number of hydrogen-bond acceptors (Lipinski definition) is 3. The van der Waals surface area contributed by atoms with Crippen molar-refractivity contribution in [2.75, 3.05) is 14.1 Å². The number of aliphatic imine (C=N–C) groups is 1. The molecule has 0 saturated heterocycles. The standard InChI is InChI=1S/C7H10N4O/c1-11(2)5-9-6-3-4-8-7(12)10-6/h3-5H,1-2H3,(H,8,10,12)/b9-5+. The van der Waals surface area contributed by atoms with Gasteiger partial charge in [0.25, 0.3) is 0 Å². The number of nitrogens with zero attached hydrogens (tertiary/aromatic N) is 3. The Kier molecular flexibility index (Phi) is 2.57. The van der Waals surface area contributed by atoms with Gasteiger partial charge in [0, 0.05) is 20.3 Å². The fraction of sp³-hybridized carbons (Fsp3) is 0.286. The zero-order chi connectivity index (χ0) is 8.97. The van der Waals surface area contributed by atoms with Crippen LogP contribution in [0.15, 0.2) is 22.1 Å². The van der Waals surface area contributed by atoms with Gasteiger partial charge in [-0.3, -0.25) is 4.98 Å². The first-order valence-electron chi connectivity index (χ1n) is 3.44. The van der Waals surface area contributed by atoms with Crippen molar-refractivity contribution in [3.8, 4) is 0 Å². The van der Waals surface area contributed by atoms with E-state index in [-0.39, 0.29) is 5.69 Å². The molecule has 0 spiro atoms. The summed E-state index contributed by atoms with van der Waals surface area (Å²) in [6.45, 7) is 0. The molecule has 0 atom stereocenters. The number of aromatic nitrogens is 2. The molecule has 1 aromatic heterocycles. The number of nitrogens with one attached hydrogen (secondary N) is 1. The Morgan fingerprint density at radius 3 is 3.00 bits per heavy atom. The largest absolute Gasteiger partial charge is 0.369 e. The molecule has 0 aliphatic rings. The van der Waals surface area contributed by atoms with Crippen LogP contribution in [0.3, 0.4) is 0 Å². The van der Waals surface area contributed by atoms with Gasteiger partial charge >= 0.3 is 5.69 Å². The summed E-state index contributed by atoms with van der Waals surface area (Å²) in [5, 5.41) is 0. The van der Waals surface area contributed by atoms with E-state index in [0.29, 0.717) is 5.82 Å². The van der Waals surface area contributed by atoms with E-state index in [0.717, 1.165) is 0 Å². The summed E-state index contributed by atoms with van der Waals surface area (Å²) < 4.78 is 0. The van der Waals surface area contributed by atoms with Gasteiger partial charge in [0.2, 0.25) is 0 Å². The molecule has 1 heterocycles. The van der Waals surface area contributed by atoms with Crippen molar-refractivity contribution < 1.29 is 0 Å². The molecule has 0 aliphatic heterocycles. The lowest BCUT2D eigenvalue weighted by molar-refractivity contribution is 0.643. The van der Waals surface area contributed by atoms with Gasteiger partial charge in [-0.05, 0) is 6.07 Å². The lowest BCUT2D eigenvalue weighted by atomic mass is 10.6. The Balaban J connectivity index is 2.83. The minimum absolute atomic E-state index is 0.386. The number of H-pyrrole nitrogens is 1. The zero-order valence-corrected chi connectivity index (χ0v) is 6.98. The Labute approximate surface area is 69.8 Å². The third-order valence-electron chi connectivity index (χ3n) is 1.09. The van der Waals surface area contributed by atoms with Crippen LogP contribution in [0, 0.1) is 0 Å². The molecule has 0 unspecified atom stereocenters. The summed E-state index contributed by atoms with van der Waals surface area (Å²) in [4.78, 5) is 22.4. The zero-order valence-electron chi connectivity index (χ0n) is 6.98. The Morgan fingerprint density at radius 1 is 1.67 bits per heavy atom. The number of aromatic amines is 1. The molecule has 0 fully saturated rings. The summed E-state index contributed by atoms with van der Waals surface area (Å²) >= 11 is 0. The highest BCUT2D eigenvalue weighted by atomic mass is 16.1. The first-order valence-corrected chi connectivity index (χ1v) is 3.44. The maximum atomic E-state index is 10.7. The van der Waals surface area contributed by atoms with Crippen LogP contribution in [0.1, 0.15) is 0 Å². The van der Waals surface area contributed by atoms with Crippen LogP contribution in [0.4, 0.5) is 5.82 Å². The summed E-state index contributed by atoms with van der Waals surface area (Å²) in [6, 6.07) is 1.63. The number of rotatable bonds is 2. The van der Waals surface area contributed by atoms with Gasteiger partial charge < -0.3 is 4.90 Å². The smallest absolute Gasteiger partial charge is 0.346 e. The van der Waals surface area contributed by atoms with Crippen LogP contribution in [-0.2, 0) is 0 Å². The van der Waals surface area contributed by atoms with Crippen molar-refractivity contribution in [2.24, 2.45) is 4.99 Å². The summed E-state index contributed by atoms with van der Waals surface area (Å²) in [5.74, 6) is 0.503. The van der Waals surface area contributed by atoms with Crippen LogP contribution in [0.2, 0.25) is 0 Å². The maximum Gasteiger partial charge on any atom is 0.346 e. The van der Waals surface area contributed by atoms with Gasteiger partial charge in [-0.25, -0.2) is 14.8 Å². The van der Waals surface area contributed by atoms with Gasteiger partial charge in [0.15, 0.2) is 0 Å². The number of hydrogen-bond donors (Lipinski definition) is 1. The van der Waals surface area contributed by atoms with Crippen LogP contribution in [-0.4, -0.2) is 35.3 Å². The van der Waals surface area contributed by atoms with Crippen LogP contribution < -0.4 is 5.69 Å². The molecule has 0 radical (unpaired) electrons. The molecule has 0 aliphatic carbocycles. The van der Waals surface area contributed by atoms with Gasteiger partial charge in [-0.2, -0.15) is 0 Å². The first-order chi connectivity index (χ1) is 5.68. The third kappa shape index (κ3) is 2.53. The highest BCUT2D eigenvalue weighted by molar-refractivity contribution is 5.58. The van der Waals surface area contributed by atoms with E-state index in [1.54, 1.807) is 17.3 Å². The highest BCUT2D eigenvalue weighted by Gasteiger charge is 1.87. The van der Waals surface area contributed by atoms with Gasteiger partial charge in [-0.15, -0.1) is 0 Å². The van der Waals surface area contributed by atoms with E-state index in [1.807, 2.05) is 14.1 Å². The summed E-state index contributed by atoms with van der Waals surface area (Å²) in [7, 11) is 3.70. The first kappa shape index (κ1) is 8.45. The average molecular weight is 166 g/mol. The predicted octanol–water partition coefficient (Wildman–Crippen LogP) is -0.00870. The van der Waals surface area contributed by atoms with Gasteiger partial charge in [-0.1, -0.05) is 0 Å². The van der Waals surface area contributed by atoms with E-state index >= 15 is 0 Å². The highest BCUT2D eigenvalue weighted by Crippen LogP contribution is 1.99. The molecule has 5 heteroatoms. The van der Waals surface area contributed by atoms with E-state index in [2.05, 4.69) is 15.0 Å². The van der Waals surface area contributed by atoms with Crippen molar-refractivity contribution in [1.82, 2.24) is 14.9 Å². The summed E-state index contributed by atoms with van der Waals surface area (Å²) in [5.41, 5.74) is -0.386. The van der Waals surface area contributed by atoms with Crippen molar-refractivity contribution in [2.45, 2.75) is 0 Å². The van der Waals surface area contributed by atoms with Gasteiger partial charge in [0.05, 0.1) is 6.34 Å². The topological polar surface area (TPSA) is 61.4 Å². The molecule has 0 amide bonds. The van der Waals surface area contributed by atoms with Crippen LogP contribution >= 0.6 is 0 Å². The molecule has 0 aromatic carbocycles. The molecule has 0 bridgehead atoms. The summed E-state index contributed by atoms with van der Waals surface area (Å²) in [6.07, 6.45) is 3.02. The molecule has 1 rings (SSSR count). The van der Waals surface area contributed by atoms with Crippen molar-refractivity contribution in [1.29, 1.82) is 0 Å². The molecule has 64 valence electrons. The molecule has 1 aromatic rings. The van der Waals surface area contributed by atoms with E-state index in [1.165, 1.54) is 6.20 Å². The monoisotopic (exact) mass is 166 g/mol. The second-order valence-corrected chi connectivity index (χ2v) is 2.47. The van der Waals surface area contributed by atoms with E-state index < -0.39 is 0 Å². The fourth-order valence-corrected chi connectivity index (χ4v) is 0.612. The second kappa shape index (κ2) is 3.66. The molecular formula is C7H10N4O. The predicted molar refractivity (Wildman–Crippen MR) is 46.7 cm³/mol. The minimum atomic E-state index is -0.386. The average Bonchev–Trinajstić information content (AvgIpc) is 2.01. The molecule has 1 N–H and O–H groups in total. The van der Waals surface area contributed by atoms with Gasteiger partial charge in [0.1, 0.15) is 5.82 Å². The van der Waals surface area contributed by atoms with Crippen LogP contribution in [0.5, 0.6) is 0 Å². The quantitative estimate of drug-likeness (QED) is 0.496. The van der Waals surface area contributed by atoms with Crippen molar-refractivity contribution in [3.05, 3.63) is 22.7 Å². The van der Waals surface area contributed by atoms with E-state index in [9.17, 15) is 4.79 Å². The van der Waals surface area contributed by atoms with Crippen LogP contribution in [0.25, 0.3) is 0 Å². The fourth-order valence-electron chi connectivity index (χ4n) is 0.612. The molecule has 5 nitrogen and oxygen atoms in total. The normalized spacial score (nSPS) is 10.5. The molecule has 12 heavy (non-hydrogen) atoms. The van der Waals surface area contributed by atoms with E-state index in [4.69, 9.17) is 0 Å². The maximum absolute atomic E-state index is 10.7. The third-order valence-corrected chi connectivity index (χ3v) is 1.09. The molecule has 0 saturated carbocycles. The lowest BCUT2D eigenvalue weighted by Gasteiger charge is -2.01. The SMILES string of the molecule is CN(C)/C=N/c1ccnc(=O)[nH]1. The van der Waals surface area contributed by atoms with Crippen molar-refractivity contribution >= 4 is 12.2 Å². The lowest BCUT2D eigenvalue weighted by Crippen LogP contribution is -2.09. The minimum Gasteiger partial charge on any atom is -0.369 e.